The van der Waals surface area contributed by atoms with Gasteiger partial charge >= 0.3 is 0 Å². The van der Waals surface area contributed by atoms with Crippen molar-refractivity contribution in [2.75, 3.05) is 19.0 Å². The fraction of sp³-hybridized carbons (Fsp3) is 0.200. The Hall–Kier alpha value is -2.60. The Morgan fingerprint density at radius 3 is 2.58 bits per heavy atom. The lowest BCUT2D eigenvalue weighted by molar-refractivity contribution is 0.626. The minimum Gasteiger partial charge on any atom is -0.378 e. The first-order chi connectivity index (χ1) is 12.6. The van der Waals surface area contributed by atoms with Crippen LogP contribution in [-0.2, 0) is 12.3 Å². The molecular formula is C20H21FN4S. The van der Waals surface area contributed by atoms with Gasteiger partial charge in [-0.25, -0.2) is 4.39 Å². The molecule has 0 bridgehead atoms. The number of hydrogen-bond donors (Lipinski definition) is 0. The van der Waals surface area contributed by atoms with Crippen molar-refractivity contribution in [2.45, 2.75) is 17.5 Å². The van der Waals surface area contributed by atoms with Gasteiger partial charge in [0.1, 0.15) is 5.82 Å². The number of allylic oxidation sites excluding steroid dienone is 1. The van der Waals surface area contributed by atoms with Gasteiger partial charge in [0.2, 0.25) is 0 Å². The van der Waals surface area contributed by atoms with Crippen molar-refractivity contribution in [1.29, 1.82) is 0 Å². The lowest BCUT2D eigenvalue weighted by Gasteiger charge is -2.13. The summed E-state index contributed by atoms with van der Waals surface area (Å²) in [5.74, 6) is 1.21. The van der Waals surface area contributed by atoms with Crippen molar-refractivity contribution in [3.63, 3.8) is 0 Å². The lowest BCUT2D eigenvalue weighted by Crippen LogP contribution is -2.08. The van der Waals surface area contributed by atoms with E-state index < -0.39 is 0 Å². The number of anilines is 1. The number of aromatic nitrogens is 3. The van der Waals surface area contributed by atoms with Gasteiger partial charge in [0, 0.05) is 37.6 Å². The minimum absolute atomic E-state index is 0.225. The van der Waals surface area contributed by atoms with Crippen molar-refractivity contribution in [2.24, 2.45) is 0 Å². The number of thioether (sulfide) groups is 1. The van der Waals surface area contributed by atoms with E-state index in [-0.39, 0.29) is 5.82 Å². The van der Waals surface area contributed by atoms with E-state index in [1.165, 1.54) is 17.8 Å². The Bertz CT molecular complexity index is 887. The van der Waals surface area contributed by atoms with Gasteiger partial charge in [0.25, 0.3) is 0 Å². The van der Waals surface area contributed by atoms with Gasteiger partial charge in [-0.2, -0.15) is 0 Å². The van der Waals surface area contributed by atoms with Gasteiger partial charge in [-0.3, -0.25) is 4.57 Å². The van der Waals surface area contributed by atoms with Gasteiger partial charge < -0.3 is 4.90 Å². The smallest absolute Gasteiger partial charge is 0.192 e. The van der Waals surface area contributed by atoms with Crippen molar-refractivity contribution >= 4 is 17.4 Å². The van der Waals surface area contributed by atoms with Crippen LogP contribution < -0.4 is 4.90 Å². The van der Waals surface area contributed by atoms with Crippen LogP contribution in [-0.4, -0.2) is 28.9 Å². The van der Waals surface area contributed by atoms with Crippen LogP contribution in [0.2, 0.25) is 0 Å². The van der Waals surface area contributed by atoms with Crippen molar-refractivity contribution in [3.8, 4) is 11.4 Å². The van der Waals surface area contributed by atoms with Crippen LogP contribution in [0.25, 0.3) is 11.4 Å². The fourth-order valence-corrected chi connectivity index (χ4v) is 3.48. The highest BCUT2D eigenvalue weighted by atomic mass is 32.2. The quantitative estimate of drug-likeness (QED) is 0.450. The van der Waals surface area contributed by atoms with Gasteiger partial charge in [0.15, 0.2) is 11.0 Å². The molecule has 3 rings (SSSR count). The number of benzene rings is 2. The molecule has 0 radical (unpaired) electrons. The zero-order chi connectivity index (χ0) is 18.5. The second-order valence-corrected chi connectivity index (χ2v) is 7.01. The van der Waals surface area contributed by atoms with E-state index >= 15 is 0 Å². The van der Waals surface area contributed by atoms with Crippen LogP contribution in [0.4, 0.5) is 10.1 Å². The molecular weight excluding hydrogens is 347 g/mol. The molecule has 0 atom stereocenters. The van der Waals surface area contributed by atoms with Crippen LogP contribution in [0.15, 0.2) is 66.3 Å². The summed E-state index contributed by atoms with van der Waals surface area (Å²) in [5, 5.41) is 9.49. The molecule has 2 aromatic carbocycles. The first-order valence-corrected chi connectivity index (χ1v) is 9.26. The molecule has 0 fully saturated rings. The minimum atomic E-state index is -0.225. The largest absolute Gasteiger partial charge is 0.378 e. The molecule has 3 aromatic rings. The number of halogens is 1. The lowest BCUT2D eigenvalue weighted by atomic mass is 10.2. The molecule has 0 aliphatic heterocycles. The first-order valence-electron chi connectivity index (χ1n) is 8.27. The summed E-state index contributed by atoms with van der Waals surface area (Å²) in [5.41, 5.74) is 3.05. The molecule has 1 heterocycles. The van der Waals surface area contributed by atoms with Gasteiger partial charge in [-0.1, -0.05) is 30.0 Å². The van der Waals surface area contributed by atoms with Crippen LogP contribution in [0.3, 0.4) is 0 Å². The van der Waals surface area contributed by atoms with E-state index in [1.807, 2.05) is 42.9 Å². The fourth-order valence-electron chi connectivity index (χ4n) is 2.59. The molecule has 134 valence electrons. The van der Waals surface area contributed by atoms with E-state index in [0.29, 0.717) is 12.3 Å². The molecule has 0 amide bonds. The molecule has 1 aromatic heterocycles. The maximum Gasteiger partial charge on any atom is 0.192 e. The van der Waals surface area contributed by atoms with E-state index in [1.54, 1.807) is 12.1 Å². The molecule has 0 N–H and O–H groups in total. The summed E-state index contributed by atoms with van der Waals surface area (Å²) in [6.07, 6.45) is 1.83. The number of hydrogen-bond acceptors (Lipinski definition) is 4. The maximum atomic E-state index is 13.3. The third-order valence-electron chi connectivity index (χ3n) is 3.93. The van der Waals surface area contributed by atoms with Gasteiger partial charge in [-0.05, 0) is 42.0 Å². The van der Waals surface area contributed by atoms with E-state index in [2.05, 4.69) is 33.8 Å². The summed E-state index contributed by atoms with van der Waals surface area (Å²) < 4.78 is 15.4. The van der Waals surface area contributed by atoms with Crippen LogP contribution in [0.1, 0.15) is 5.56 Å². The topological polar surface area (TPSA) is 34.0 Å². The second-order valence-electron chi connectivity index (χ2n) is 6.07. The van der Waals surface area contributed by atoms with Crippen molar-refractivity contribution in [3.05, 3.63) is 72.6 Å². The standard InChI is InChI=1S/C20H21FN4S/c1-4-12-25-19(16-8-10-18(11-9-16)24(2)3)22-23-20(25)26-14-15-6-5-7-17(21)13-15/h4-11,13H,1,12,14H2,2-3H3. The Morgan fingerprint density at radius 1 is 1.15 bits per heavy atom. The molecule has 0 unspecified atom stereocenters. The first kappa shape index (κ1) is 18.2. The number of nitrogens with zero attached hydrogens (tertiary/aromatic N) is 4. The predicted octanol–water partition coefficient (Wildman–Crippen LogP) is 4.63. The average Bonchev–Trinajstić information content (AvgIpc) is 3.03. The summed E-state index contributed by atoms with van der Waals surface area (Å²) in [6, 6.07) is 14.8. The zero-order valence-corrected chi connectivity index (χ0v) is 15.7. The van der Waals surface area contributed by atoms with Gasteiger partial charge in [0.05, 0.1) is 0 Å². The molecule has 6 heteroatoms. The highest BCUT2D eigenvalue weighted by Gasteiger charge is 2.14. The zero-order valence-electron chi connectivity index (χ0n) is 14.9. The van der Waals surface area contributed by atoms with Crippen molar-refractivity contribution < 1.29 is 4.39 Å². The highest BCUT2D eigenvalue weighted by molar-refractivity contribution is 7.98. The van der Waals surface area contributed by atoms with Crippen LogP contribution >= 0.6 is 11.8 Å². The predicted molar refractivity (Wildman–Crippen MR) is 106 cm³/mol. The average molecular weight is 368 g/mol. The highest BCUT2D eigenvalue weighted by Crippen LogP contribution is 2.27. The van der Waals surface area contributed by atoms with E-state index in [4.69, 9.17) is 0 Å². The van der Waals surface area contributed by atoms with Crippen LogP contribution in [0.5, 0.6) is 0 Å². The molecule has 0 spiro atoms. The Kier molecular flexibility index (Phi) is 5.73. The third-order valence-corrected chi connectivity index (χ3v) is 4.97. The molecule has 4 nitrogen and oxygen atoms in total. The van der Waals surface area contributed by atoms with Crippen molar-refractivity contribution in [1.82, 2.24) is 14.8 Å². The Morgan fingerprint density at radius 2 is 1.92 bits per heavy atom. The summed E-state index contributed by atoms with van der Waals surface area (Å²) >= 11 is 1.54. The summed E-state index contributed by atoms with van der Waals surface area (Å²) in [6.45, 7) is 4.45. The normalized spacial score (nSPS) is 10.7. The Labute approximate surface area is 157 Å². The number of rotatable bonds is 7. The monoisotopic (exact) mass is 368 g/mol. The molecule has 0 aliphatic carbocycles. The maximum absolute atomic E-state index is 13.3. The summed E-state index contributed by atoms with van der Waals surface area (Å²) in [4.78, 5) is 2.05. The Balaban J connectivity index is 1.84. The molecule has 0 saturated carbocycles. The molecule has 0 aliphatic rings. The molecule has 0 saturated heterocycles. The van der Waals surface area contributed by atoms with Gasteiger partial charge in [-0.15, -0.1) is 16.8 Å². The van der Waals surface area contributed by atoms with E-state index in [0.717, 1.165) is 27.8 Å². The SMILES string of the molecule is C=CCn1c(SCc2cccc(F)c2)nnc1-c1ccc(N(C)C)cc1. The third kappa shape index (κ3) is 4.14. The second kappa shape index (κ2) is 8.19. The van der Waals surface area contributed by atoms with E-state index in [9.17, 15) is 4.39 Å². The summed E-state index contributed by atoms with van der Waals surface area (Å²) in [7, 11) is 4.02. The van der Waals surface area contributed by atoms with Crippen LogP contribution in [0, 0.1) is 5.82 Å². The molecule has 26 heavy (non-hydrogen) atoms.